The zero-order chi connectivity index (χ0) is 15.7. The van der Waals surface area contributed by atoms with Gasteiger partial charge in [0.15, 0.2) is 0 Å². The Morgan fingerprint density at radius 3 is 3.00 bits per heavy atom. The predicted octanol–water partition coefficient (Wildman–Crippen LogP) is 2.70. The Morgan fingerprint density at radius 2 is 2.27 bits per heavy atom. The van der Waals surface area contributed by atoms with Crippen molar-refractivity contribution in [2.45, 2.75) is 38.8 Å². The lowest BCUT2D eigenvalue weighted by Crippen LogP contribution is -2.39. The Labute approximate surface area is 128 Å². The summed E-state index contributed by atoms with van der Waals surface area (Å²) >= 11 is 0. The van der Waals surface area contributed by atoms with Gasteiger partial charge in [0.2, 0.25) is 11.7 Å². The van der Waals surface area contributed by atoms with Crippen LogP contribution in [0.25, 0.3) is 11.4 Å². The second-order valence-corrected chi connectivity index (χ2v) is 5.89. The maximum Gasteiger partial charge on any atom is 0.244 e. The molecule has 1 aromatic carbocycles. The number of halogens is 1. The van der Waals surface area contributed by atoms with E-state index in [4.69, 9.17) is 4.52 Å². The summed E-state index contributed by atoms with van der Waals surface area (Å²) < 4.78 is 19.0. The van der Waals surface area contributed by atoms with Crippen LogP contribution in [-0.2, 0) is 0 Å². The standard InChI is InChI=1S/C16H20FN3O2/c1-10-5-6-12(8-14(10)17)15-18-16(22-19-15)11(2)20-7-3-4-13(21)9-20/h5-6,8,11,13,21H,3-4,7,9H2,1-2H3/t11-,13+/m0/s1. The largest absolute Gasteiger partial charge is 0.392 e. The van der Waals surface area contributed by atoms with Gasteiger partial charge < -0.3 is 9.63 Å². The van der Waals surface area contributed by atoms with E-state index in [1.807, 2.05) is 6.92 Å². The number of hydrogen-bond acceptors (Lipinski definition) is 5. The van der Waals surface area contributed by atoms with Gasteiger partial charge in [0.25, 0.3) is 0 Å². The van der Waals surface area contributed by atoms with Crippen LogP contribution in [0.2, 0.25) is 0 Å². The molecule has 0 spiro atoms. The Kier molecular flexibility index (Phi) is 4.22. The van der Waals surface area contributed by atoms with E-state index >= 15 is 0 Å². The monoisotopic (exact) mass is 305 g/mol. The molecule has 22 heavy (non-hydrogen) atoms. The number of hydrogen-bond donors (Lipinski definition) is 1. The van der Waals surface area contributed by atoms with E-state index in [1.54, 1.807) is 19.1 Å². The number of rotatable bonds is 3. The molecule has 0 bridgehead atoms. The van der Waals surface area contributed by atoms with Gasteiger partial charge in [-0.15, -0.1) is 0 Å². The number of likely N-dealkylation sites (tertiary alicyclic amines) is 1. The number of aliphatic hydroxyl groups is 1. The third-order valence-corrected chi connectivity index (χ3v) is 4.20. The van der Waals surface area contributed by atoms with Gasteiger partial charge in [-0.2, -0.15) is 4.98 Å². The molecular formula is C16H20FN3O2. The number of aryl methyl sites for hydroxylation is 1. The van der Waals surface area contributed by atoms with Gasteiger partial charge in [-0.25, -0.2) is 4.39 Å². The van der Waals surface area contributed by atoms with E-state index in [-0.39, 0.29) is 18.0 Å². The summed E-state index contributed by atoms with van der Waals surface area (Å²) in [6.07, 6.45) is 1.49. The van der Waals surface area contributed by atoms with E-state index in [1.165, 1.54) is 6.07 Å². The van der Waals surface area contributed by atoms with Gasteiger partial charge in [-0.1, -0.05) is 17.3 Å². The van der Waals surface area contributed by atoms with Crippen LogP contribution in [-0.4, -0.2) is 39.3 Å². The van der Waals surface area contributed by atoms with Gasteiger partial charge >= 0.3 is 0 Å². The average molecular weight is 305 g/mol. The van der Waals surface area contributed by atoms with Crippen molar-refractivity contribution in [1.29, 1.82) is 0 Å². The molecule has 2 aromatic rings. The Balaban J connectivity index is 1.79. The molecule has 1 saturated heterocycles. The highest BCUT2D eigenvalue weighted by atomic mass is 19.1. The molecule has 0 unspecified atom stereocenters. The minimum atomic E-state index is -0.301. The number of β-amino-alcohol motifs (C(OH)–C–C–N with tert-alkyl or cyclic N) is 1. The normalized spacial score (nSPS) is 21.0. The number of benzene rings is 1. The Hall–Kier alpha value is -1.79. The SMILES string of the molecule is Cc1ccc(-c2noc([C@H](C)N3CCC[C@@H](O)C3)n2)cc1F. The zero-order valence-corrected chi connectivity index (χ0v) is 12.8. The molecule has 0 amide bonds. The molecule has 2 atom stereocenters. The zero-order valence-electron chi connectivity index (χ0n) is 12.8. The summed E-state index contributed by atoms with van der Waals surface area (Å²) in [7, 11) is 0. The van der Waals surface area contributed by atoms with Crippen molar-refractivity contribution in [3.63, 3.8) is 0 Å². The second-order valence-electron chi connectivity index (χ2n) is 5.89. The highest BCUT2D eigenvalue weighted by Crippen LogP contribution is 2.26. The summed E-state index contributed by atoms with van der Waals surface area (Å²) in [6.45, 7) is 5.20. The first-order valence-electron chi connectivity index (χ1n) is 7.57. The quantitative estimate of drug-likeness (QED) is 0.944. The third-order valence-electron chi connectivity index (χ3n) is 4.20. The first kappa shape index (κ1) is 15.1. The van der Waals surface area contributed by atoms with E-state index in [0.29, 0.717) is 29.4 Å². The molecule has 0 aliphatic carbocycles. The molecule has 1 aliphatic heterocycles. The van der Waals surface area contributed by atoms with Crippen LogP contribution in [0, 0.1) is 12.7 Å². The topological polar surface area (TPSA) is 62.4 Å². The van der Waals surface area contributed by atoms with Crippen LogP contribution in [0.4, 0.5) is 4.39 Å². The molecule has 5 nitrogen and oxygen atoms in total. The molecular weight excluding hydrogens is 285 g/mol. The summed E-state index contributed by atoms with van der Waals surface area (Å²) in [5, 5.41) is 13.7. The van der Waals surface area contributed by atoms with Gasteiger partial charge in [0, 0.05) is 12.1 Å². The van der Waals surface area contributed by atoms with Gasteiger partial charge in [0.1, 0.15) is 5.82 Å². The van der Waals surface area contributed by atoms with Crippen molar-refractivity contribution in [2.75, 3.05) is 13.1 Å². The summed E-state index contributed by atoms with van der Waals surface area (Å²) in [4.78, 5) is 6.51. The van der Waals surface area contributed by atoms with E-state index in [2.05, 4.69) is 15.0 Å². The van der Waals surface area contributed by atoms with Crippen LogP contribution in [0.15, 0.2) is 22.7 Å². The lowest BCUT2D eigenvalue weighted by atomic mass is 10.1. The lowest BCUT2D eigenvalue weighted by molar-refractivity contribution is 0.0422. The lowest BCUT2D eigenvalue weighted by Gasteiger charge is -2.32. The summed E-state index contributed by atoms with van der Waals surface area (Å²) in [5.74, 6) is 0.597. The van der Waals surface area contributed by atoms with E-state index in [9.17, 15) is 9.50 Å². The molecule has 2 heterocycles. The van der Waals surface area contributed by atoms with Gasteiger partial charge in [0.05, 0.1) is 12.1 Å². The average Bonchev–Trinajstić information content (AvgIpc) is 2.99. The Bertz CT molecular complexity index is 659. The molecule has 6 heteroatoms. The smallest absolute Gasteiger partial charge is 0.244 e. The molecule has 1 aromatic heterocycles. The van der Waals surface area contributed by atoms with Gasteiger partial charge in [-0.3, -0.25) is 4.90 Å². The van der Waals surface area contributed by atoms with Crippen molar-refractivity contribution in [1.82, 2.24) is 15.0 Å². The van der Waals surface area contributed by atoms with Crippen molar-refractivity contribution in [3.05, 3.63) is 35.5 Å². The fourth-order valence-electron chi connectivity index (χ4n) is 2.75. The third kappa shape index (κ3) is 3.03. The summed E-state index contributed by atoms with van der Waals surface area (Å²) in [5.41, 5.74) is 1.19. The molecule has 3 rings (SSSR count). The minimum Gasteiger partial charge on any atom is -0.392 e. The van der Waals surface area contributed by atoms with Crippen molar-refractivity contribution in [3.8, 4) is 11.4 Å². The number of aromatic nitrogens is 2. The molecule has 0 saturated carbocycles. The number of nitrogens with zero attached hydrogens (tertiary/aromatic N) is 3. The van der Waals surface area contributed by atoms with Crippen LogP contribution in [0.3, 0.4) is 0 Å². The maximum absolute atomic E-state index is 13.6. The molecule has 1 aliphatic rings. The first-order chi connectivity index (χ1) is 10.5. The van der Waals surface area contributed by atoms with Crippen LogP contribution < -0.4 is 0 Å². The number of aliphatic hydroxyl groups excluding tert-OH is 1. The molecule has 1 fully saturated rings. The van der Waals surface area contributed by atoms with Gasteiger partial charge in [-0.05, 0) is 44.9 Å². The maximum atomic E-state index is 13.6. The highest BCUT2D eigenvalue weighted by molar-refractivity contribution is 5.54. The molecule has 118 valence electrons. The minimum absolute atomic E-state index is 0.0634. The fourth-order valence-corrected chi connectivity index (χ4v) is 2.75. The first-order valence-corrected chi connectivity index (χ1v) is 7.57. The highest BCUT2D eigenvalue weighted by Gasteiger charge is 2.26. The molecule has 1 N–H and O–H groups in total. The summed E-state index contributed by atoms with van der Waals surface area (Å²) in [6, 6.07) is 4.83. The van der Waals surface area contributed by atoms with E-state index in [0.717, 1.165) is 19.4 Å². The Morgan fingerprint density at radius 1 is 1.45 bits per heavy atom. The van der Waals surface area contributed by atoms with Crippen molar-refractivity contribution < 1.29 is 14.0 Å². The molecule has 0 radical (unpaired) electrons. The number of piperidine rings is 1. The van der Waals surface area contributed by atoms with E-state index < -0.39 is 0 Å². The van der Waals surface area contributed by atoms with Crippen molar-refractivity contribution >= 4 is 0 Å². The van der Waals surface area contributed by atoms with Crippen LogP contribution in [0.1, 0.15) is 37.3 Å². The second kappa shape index (κ2) is 6.14. The predicted molar refractivity (Wildman–Crippen MR) is 79.7 cm³/mol. The van der Waals surface area contributed by atoms with Crippen molar-refractivity contribution in [2.24, 2.45) is 0 Å². The van der Waals surface area contributed by atoms with Crippen LogP contribution >= 0.6 is 0 Å². The fraction of sp³-hybridized carbons (Fsp3) is 0.500. The van der Waals surface area contributed by atoms with Crippen LogP contribution in [0.5, 0.6) is 0 Å².